The van der Waals surface area contributed by atoms with Gasteiger partial charge in [0.1, 0.15) is 46.5 Å². The molecule has 10 nitrogen and oxygen atoms in total. The highest BCUT2D eigenvalue weighted by molar-refractivity contribution is 7.35. The van der Waals surface area contributed by atoms with E-state index in [0.717, 1.165) is 72.1 Å². The molecule has 3 aromatic carbocycles. The molecule has 0 bridgehead atoms. The zero-order chi connectivity index (χ0) is 47.9. The maximum absolute atomic E-state index is 14.0. The number of Topliss-reactive ketones (excluding diaryl/α,β-unsaturated/α-hetero) is 2. The average molecular weight is 1030 g/mol. The molecule has 69 heavy (non-hydrogen) atoms. The van der Waals surface area contributed by atoms with Gasteiger partial charge < -0.3 is 9.13 Å². The molecule has 0 radical (unpaired) electrons. The van der Waals surface area contributed by atoms with Crippen molar-refractivity contribution in [1.82, 2.24) is 17.9 Å². The Balaban J connectivity index is 1.14. The van der Waals surface area contributed by atoms with Crippen LogP contribution in [0.15, 0.2) is 70.8 Å². The number of hydrogen-bond donors (Lipinski definition) is 0. The molecule has 10 aromatic rings. The lowest BCUT2D eigenvalue weighted by Gasteiger charge is -2.15. The van der Waals surface area contributed by atoms with Crippen LogP contribution in [0.25, 0.3) is 95.4 Å². The molecule has 332 valence electrons. The van der Waals surface area contributed by atoms with E-state index in [-0.39, 0.29) is 45.7 Å². The van der Waals surface area contributed by atoms with Gasteiger partial charge in [-0.05, 0) is 35.1 Å². The van der Waals surface area contributed by atoms with Crippen LogP contribution in [0.4, 0.5) is 0 Å². The molecular formula is C52H28Cl2N8O2S5. The molecule has 0 aliphatic heterocycles. The first-order chi connectivity index (χ1) is 33.4. The highest BCUT2D eigenvalue weighted by atomic mass is 35.5. The molecule has 0 atom stereocenters. The normalized spacial score (nSPS) is 14.9. The number of benzene rings is 3. The van der Waals surface area contributed by atoms with Gasteiger partial charge in [-0.25, -0.2) is 0 Å². The Labute approximate surface area is 422 Å². The summed E-state index contributed by atoms with van der Waals surface area (Å²) in [7, 11) is 0. The van der Waals surface area contributed by atoms with Gasteiger partial charge in [0, 0.05) is 67.0 Å². The zero-order valence-corrected chi connectivity index (χ0v) is 42.1. The summed E-state index contributed by atoms with van der Waals surface area (Å²) in [6.07, 6.45) is 3.48. The number of hydrogen-bond acceptors (Lipinski definition) is 13. The number of allylic oxidation sites excluding steroid dienone is 6. The number of rotatable bonds is 6. The fourth-order valence-corrected chi connectivity index (χ4v) is 16.8. The fourth-order valence-electron chi connectivity index (χ4n) is 10.0. The van der Waals surface area contributed by atoms with Crippen molar-refractivity contribution in [3.05, 3.63) is 113 Å². The number of ketones is 2. The summed E-state index contributed by atoms with van der Waals surface area (Å²) in [6.45, 7) is 10.1. The summed E-state index contributed by atoms with van der Waals surface area (Å²) in [5, 5.41) is 43.0. The predicted octanol–water partition coefficient (Wildman–Crippen LogP) is 15.2. The van der Waals surface area contributed by atoms with E-state index in [2.05, 4.69) is 36.8 Å². The first-order valence-corrected chi connectivity index (χ1v) is 26.3. The molecular weight excluding hydrogens is 1000 g/mol. The third-order valence-electron chi connectivity index (χ3n) is 12.6. The molecule has 12 rings (SSSR count). The standard InChI is InChI=1S/C52H28Cl2N8O2S5/c1-21(2)19-61-41-35(47-43(61)51-49(67-47)37(53)31(65-51)13-29-33(23(15-55)16-56)25-9-5-7-11-27(25)45(29)63)39-40(60-69-59-39)36-42(41)62(20-22(3)4)44-48(36)68-50-38(54)32(66-52(44)50)14-30-34(24(17-57)18-58)26-10-6-8-12-28(26)46(30)64/h5-14,21-22H,19-20H2,1-4H3/b29-13-,30-14-. The number of aromatic nitrogens is 4. The van der Waals surface area contributed by atoms with Crippen LogP contribution in [0.5, 0.6) is 0 Å². The Morgan fingerprint density at radius 1 is 0.565 bits per heavy atom. The lowest BCUT2D eigenvalue weighted by Crippen LogP contribution is -2.07. The van der Waals surface area contributed by atoms with Gasteiger partial charge in [0.05, 0.1) is 72.0 Å². The molecule has 2 aliphatic rings. The zero-order valence-electron chi connectivity index (χ0n) is 36.5. The van der Waals surface area contributed by atoms with E-state index in [1.165, 1.54) is 34.4 Å². The Hall–Kier alpha value is -6.76. The molecule has 0 unspecified atom stereocenters. The van der Waals surface area contributed by atoms with Gasteiger partial charge in [0.2, 0.25) is 0 Å². The van der Waals surface area contributed by atoms with E-state index in [4.69, 9.17) is 31.9 Å². The first-order valence-electron chi connectivity index (χ1n) is 21.6. The molecule has 0 fully saturated rings. The second-order valence-corrected chi connectivity index (χ2v) is 23.1. The van der Waals surface area contributed by atoms with Gasteiger partial charge in [-0.15, -0.1) is 45.3 Å². The van der Waals surface area contributed by atoms with Crippen molar-refractivity contribution in [2.75, 3.05) is 0 Å². The van der Waals surface area contributed by atoms with Crippen LogP contribution in [0.3, 0.4) is 0 Å². The van der Waals surface area contributed by atoms with Crippen molar-refractivity contribution in [2.24, 2.45) is 11.8 Å². The Morgan fingerprint density at radius 2 is 0.942 bits per heavy atom. The van der Waals surface area contributed by atoms with E-state index in [9.17, 15) is 30.6 Å². The summed E-state index contributed by atoms with van der Waals surface area (Å²) in [4.78, 5) is 29.3. The minimum atomic E-state index is -0.265. The number of fused-ring (bicyclic) bond motifs is 16. The van der Waals surface area contributed by atoms with Crippen LogP contribution in [-0.4, -0.2) is 29.4 Å². The smallest absolute Gasteiger partial charge is 0.194 e. The minimum absolute atomic E-state index is 0.135. The van der Waals surface area contributed by atoms with Crippen molar-refractivity contribution in [2.45, 2.75) is 40.8 Å². The largest absolute Gasteiger partial charge is 0.337 e. The van der Waals surface area contributed by atoms with Crippen LogP contribution >= 0.6 is 80.3 Å². The summed E-state index contributed by atoms with van der Waals surface area (Å²) in [5.74, 6) is -0.0738. The van der Waals surface area contributed by atoms with Crippen LogP contribution in [0, 0.1) is 57.2 Å². The van der Waals surface area contributed by atoms with Crippen LogP contribution in [0.1, 0.15) is 69.3 Å². The molecule has 0 saturated heterocycles. The topological polar surface area (TPSA) is 165 Å². The molecule has 2 aliphatic carbocycles. The van der Waals surface area contributed by atoms with Gasteiger partial charge in [-0.3, -0.25) is 9.59 Å². The third kappa shape index (κ3) is 6.00. The lowest BCUT2D eigenvalue weighted by molar-refractivity contribution is 0.103. The highest BCUT2D eigenvalue weighted by Gasteiger charge is 2.36. The number of halogens is 2. The lowest BCUT2D eigenvalue weighted by atomic mass is 9.99. The van der Waals surface area contributed by atoms with Crippen LogP contribution in [0.2, 0.25) is 10.0 Å². The Morgan fingerprint density at radius 3 is 1.30 bits per heavy atom. The highest BCUT2D eigenvalue weighted by Crippen LogP contribution is 2.56. The van der Waals surface area contributed by atoms with E-state index >= 15 is 0 Å². The molecule has 7 aromatic heterocycles. The van der Waals surface area contributed by atoms with E-state index < -0.39 is 0 Å². The van der Waals surface area contributed by atoms with Gasteiger partial charge in [0.25, 0.3) is 0 Å². The second kappa shape index (κ2) is 15.9. The van der Waals surface area contributed by atoms with Gasteiger partial charge >= 0.3 is 0 Å². The van der Waals surface area contributed by atoms with Crippen LogP contribution in [-0.2, 0) is 13.1 Å². The monoisotopic (exact) mass is 1030 g/mol. The van der Waals surface area contributed by atoms with Crippen molar-refractivity contribution >= 4 is 187 Å². The van der Waals surface area contributed by atoms with E-state index in [0.29, 0.717) is 66.3 Å². The van der Waals surface area contributed by atoms with Crippen molar-refractivity contribution in [1.29, 1.82) is 21.0 Å². The number of carbonyl (C=O) groups is 2. The fraction of sp³-hybridized carbons (Fsp3) is 0.154. The molecule has 0 spiro atoms. The summed E-state index contributed by atoms with van der Waals surface area (Å²) in [5.41, 5.74) is 8.57. The second-order valence-electron chi connectivity index (χ2n) is 17.7. The summed E-state index contributed by atoms with van der Waals surface area (Å²) >= 11 is 22.0. The molecule has 0 amide bonds. The SMILES string of the molecule is CC(C)Cn1c2c3sc(/C=C4\C(=O)c5ccccc5C4=C(C#N)C#N)c(Cl)c3sc2c2c3nsnc3c3c4sc5c(Cl)c(/C=C6\C(=O)c7ccccc7C6=C(C#N)C#N)sc5c4n(CC(C)C)c3c21. The van der Waals surface area contributed by atoms with Crippen molar-refractivity contribution in [3.8, 4) is 24.3 Å². The minimum Gasteiger partial charge on any atom is -0.337 e. The number of nitrogens with zero attached hydrogens (tertiary/aromatic N) is 8. The average Bonchev–Trinajstić information content (AvgIpc) is 4.24. The molecule has 17 heteroatoms. The molecule has 7 heterocycles. The van der Waals surface area contributed by atoms with E-state index in [1.807, 2.05) is 24.3 Å². The quantitative estimate of drug-likeness (QED) is 0.117. The predicted molar refractivity (Wildman–Crippen MR) is 283 cm³/mol. The van der Waals surface area contributed by atoms with Crippen molar-refractivity contribution in [3.63, 3.8) is 0 Å². The van der Waals surface area contributed by atoms with Crippen LogP contribution < -0.4 is 0 Å². The van der Waals surface area contributed by atoms with Gasteiger partial charge in [-0.1, -0.05) is 99.4 Å². The Kier molecular flexibility index (Phi) is 10.0. The maximum atomic E-state index is 14.0. The summed E-state index contributed by atoms with van der Waals surface area (Å²) in [6, 6.07) is 22.1. The first kappa shape index (κ1) is 43.5. The molecule has 0 N–H and O–H groups in total. The van der Waals surface area contributed by atoms with E-state index in [1.54, 1.807) is 83.4 Å². The number of nitriles is 4. The third-order valence-corrected chi connectivity index (χ3v) is 19.4. The molecule has 0 saturated carbocycles. The van der Waals surface area contributed by atoms with Crippen molar-refractivity contribution < 1.29 is 9.59 Å². The number of thiophene rings is 4. The number of carbonyl (C=O) groups excluding carboxylic acids is 2. The van der Waals surface area contributed by atoms with Gasteiger partial charge in [0.15, 0.2) is 11.6 Å². The Bertz CT molecular complexity index is 4080. The maximum Gasteiger partial charge on any atom is 0.194 e. The summed E-state index contributed by atoms with van der Waals surface area (Å²) < 4.78 is 20.6. The van der Waals surface area contributed by atoms with Gasteiger partial charge in [-0.2, -0.15) is 29.8 Å².